The number of likely N-dealkylation sites (tertiary alicyclic amines) is 1. The maximum atomic E-state index is 12.4. The van der Waals surface area contributed by atoms with Crippen LogP contribution >= 0.6 is 12.4 Å². The molecule has 2 amide bonds. The number of piperidine rings is 1. The van der Waals surface area contributed by atoms with E-state index in [2.05, 4.69) is 5.32 Å². The number of halogens is 1. The SMILES string of the molecule is Cl.Nc1ccc(CC(=O)NC2CCN(C(=O)c3ccccc3)CC2)cc1. The van der Waals surface area contributed by atoms with Crippen LogP contribution in [0.3, 0.4) is 0 Å². The van der Waals surface area contributed by atoms with Crippen LogP contribution in [0.4, 0.5) is 5.69 Å². The molecule has 3 N–H and O–H groups in total. The molecule has 0 saturated carbocycles. The van der Waals surface area contributed by atoms with E-state index in [1.165, 1.54) is 0 Å². The van der Waals surface area contributed by atoms with E-state index in [1.54, 1.807) is 12.1 Å². The molecular weight excluding hydrogens is 350 g/mol. The van der Waals surface area contributed by atoms with E-state index in [0.29, 0.717) is 30.8 Å². The lowest BCUT2D eigenvalue weighted by Gasteiger charge is -2.32. The predicted octanol–water partition coefficient (Wildman–Crippen LogP) is 2.65. The second kappa shape index (κ2) is 9.25. The number of anilines is 1. The van der Waals surface area contributed by atoms with Gasteiger partial charge in [-0.3, -0.25) is 9.59 Å². The van der Waals surface area contributed by atoms with E-state index in [0.717, 1.165) is 18.4 Å². The molecule has 0 unspecified atom stereocenters. The number of hydrogen-bond donors (Lipinski definition) is 2. The highest BCUT2D eigenvalue weighted by atomic mass is 35.5. The fourth-order valence-corrected chi connectivity index (χ4v) is 3.09. The van der Waals surface area contributed by atoms with Crippen molar-refractivity contribution >= 4 is 29.9 Å². The number of hydrogen-bond acceptors (Lipinski definition) is 3. The van der Waals surface area contributed by atoms with Crippen LogP contribution in [0.15, 0.2) is 54.6 Å². The van der Waals surface area contributed by atoms with Crippen LogP contribution in [-0.2, 0) is 11.2 Å². The van der Waals surface area contributed by atoms with E-state index >= 15 is 0 Å². The Balaban J connectivity index is 0.00000243. The standard InChI is InChI=1S/C20H23N3O2.ClH/c21-17-8-6-15(7-9-17)14-19(24)22-18-10-12-23(13-11-18)20(25)16-4-2-1-3-5-16;/h1-9,18H,10-14,21H2,(H,22,24);1H. The van der Waals surface area contributed by atoms with E-state index in [-0.39, 0.29) is 30.3 Å². The third-order valence-electron chi connectivity index (χ3n) is 4.51. The summed E-state index contributed by atoms with van der Waals surface area (Å²) >= 11 is 0. The summed E-state index contributed by atoms with van der Waals surface area (Å²) in [6.45, 7) is 1.33. The number of benzene rings is 2. The van der Waals surface area contributed by atoms with Gasteiger partial charge in [0, 0.05) is 30.4 Å². The molecule has 6 heteroatoms. The number of nitrogen functional groups attached to an aromatic ring is 1. The Kier molecular flexibility index (Phi) is 7.04. The van der Waals surface area contributed by atoms with Crippen LogP contribution < -0.4 is 11.1 Å². The quantitative estimate of drug-likeness (QED) is 0.809. The second-order valence-electron chi connectivity index (χ2n) is 6.42. The average Bonchev–Trinajstić information content (AvgIpc) is 2.64. The minimum atomic E-state index is 0. The molecule has 138 valence electrons. The van der Waals surface area contributed by atoms with Crippen molar-refractivity contribution in [2.24, 2.45) is 0 Å². The lowest BCUT2D eigenvalue weighted by molar-refractivity contribution is -0.121. The van der Waals surface area contributed by atoms with Gasteiger partial charge in [0.05, 0.1) is 6.42 Å². The van der Waals surface area contributed by atoms with Crippen molar-refractivity contribution < 1.29 is 9.59 Å². The molecular formula is C20H24ClN3O2. The minimum Gasteiger partial charge on any atom is -0.399 e. The summed E-state index contributed by atoms with van der Waals surface area (Å²) in [5.41, 5.74) is 8.01. The summed E-state index contributed by atoms with van der Waals surface area (Å²) in [5, 5.41) is 3.07. The second-order valence-corrected chi connectivity index (χ2v) is 6.42. The van der Waals surface area contributed by atoms with Gasteiger partial charge >= 0.3 is 0 Å². The van der Waals surface area contributed by atoms with Gasteiger partial charge in [0.15, 0.2) is 0 Å². The van der Waals surface area contributed by atoms with Crippen molar-refractivity contribution in [3.8, 4) is 0 Å². The Labute approximate surface area is 160 Å². The smallest absolute Gasteiger partial charge is 0.253 e. The van der Waals surface area contributed by atoms with Gasteiger partial charge < -0.3 is 16.0 Å². The molecule has 1 saturated heterocycles. The topological polar surface area (TPSA) is 75.4 Å². The Morgan fingerprint density at radius 1 is 1.00 bits per heavy atom. The van der Waals surface area contributed by atoms with E-state index in [9.17, 15) is 9.59 Å². The molecule has 3 rings (SSSR count). The van der Waals surface area contributed by atoms with Gasteiger partial charge in [-0.1, -0.05) is 30.3 Å². The van der Waals surface area contributed by atoms with Gasteiger partial charge in [-0.05, 0) is 42.7 Å². The summed E-state index contributed by atoms with van der Waals surface area (Å²) in [6.07, 6.45) is 1.92. The number of nitrogens with zero attached hydrogens (tertiary/aromatic N) is 1. The minimum absolute atomic E-state index is 0. The molecule has 0 bridgehead atoms. The zero-order chi connectivity index (χ0) is 17.6. The summed E-state index contributed by atoms with van der Waals surface area (Å²) in [6, 6.07) is 16.8. The third-order valence-corrected chi connectivity index (χ3v) is 4.51. The summed E-state index contributed by atoms with van der Waals surface area (Å²) in [5.74, 6) is 0.0739. The summed E-state index contributed by atoms with van der Waals surface area (Å²) in [4.78, 5) is 26.5. The van der Waals surface area contributed by atoms with E-state index in [4.69, 9.17) is 5.73 Å². The van der Waals surface area contributed by atoms with Gasteiger partial charge in [-0.25, -0.2) is 0 Å². The molecule has 0 spiro atoms. The largest absolute Gasteiger partial charge is 0.399 e. The number of amides is 2. The molecule has 2 aromatic rings. The van der Waals surface area contributed by atoms with Crippen molar-refractivity contribution in [3.63, 3.8) is 0 Å². The molecule has 0 radical (unpaired) electrons. The molecule has 1 aliphatic rings. The average molecular weight is 374 g/mol. The van der Waals surface area contributed by atoms with Gasteiger partial charge in [0.1, 0.15) is 0 Å². The molecule has 26 heavy (non-hydrogen) atoms. The highest BCUT2D eigenvalue weighted by molar-refractivity contribution is 5.94. The predicted molar refractivity (Wildman–Crippen MR) is 105 cm³/mol. The first-order valence-corrected chi connectivity index (χ1v) is 8.60. The first-order chi connectivity index (χ1) is 12.1. The highest BCUT2D eigenvalue weighted by Gasteiger charge is 2.24. The monoisotopic (exact) mass is 373 g/mol. The Morgan fingerprint density at radius 3 is 2.23 bits per heavy atom. The van der Waals surface area contributed by atoms with Crippen molar-refractivity contribution in [1.82, 2.24) is 10.2 Å². The van der Waals surface area contributed by atoms with Gasteiger partial charge in [0.2, 0.25) is 5.91 Å². The molecule has 1 fully saturated rings. The maximum Gasteiger partial charge on any atom is 0.253 e. The van der Waals surface area contributed by atoms with E-state index < -0.39 is 0 Å². The molecule has 0 aromatic heterocycles. The highest BCUT2D eigenvalue weighted by Crippen LogP contribution is 2.14. The van der Waals surface area contributed by atoms with Crippen LogP contribution in [0.2, 0.25) is 0 Å². The number of rotatable bonds is 4. The Bertz CT molecular complexity index is 726. The van der Waals surface area contributed by atoms with Crippen molar-refractivity contribution in [3.05, 3.63) is 65.7 Å². The molecule has 0 atom stereocenters. The van der Waals surface area contributed by atoms with Crippen LogP contribution in [0.5, 0.6) is 0 Å². The summed E-state index contributed by atoms with van der Waals surface area (Å²) < 4.78 is 0. The summed E-state index contributed by atoms with van der Waals surface area (Å²) in [7, 11) is 0. The van der Waals surface area contributed by atoms with Gasteiger partial charge in [-0.15, -0.1) is 12.4 Å². The van der Waals surface area contributed by atoms with Crippen LogP contribution in [0, 0.1) is 0 Å². The van der Waals surface area contributed by atoms with E-state index in [1.807, 2.05) is 47.4 Å². The lowest BCUT2D eigenvalue weighted by Crippen LogP contribution is -2.46. The van der Waals surface area contributed by atoms with Crippen LogP contribution in [0.1, 0.15) is 28.8 Å². The third kappa shape index (κ3) is 5.23. The van der Waals surface area contributed by atoms with Crippen LogP contribution in [0.25, 0.3) is 0 Å². The fourth-order valence-electron chi connectivity index (χ4n) is 3.09. The number of carbonyl (C=O) groups is 2. The normalized spacial score (nSPS) is 14.4. The molecule has 0 aliphatic carbocycles. The maximum absolute atomic E-state index is 12.4. The molecule has 2 aromatic carbocycles. The molecule has 1 heterocycles. The molecule has 1 aliphatic heterocycles. The Morgan fingerprint density at radius 2 is 1.62 bits per heavy atom. The Hall–Kier alpha value is -2.53. The lowest BCUT2D eigenvalue weighted by atomic mass is 10.0. The van der Waals surface area contributed by atoms with Gasteiger partial charge in [0.25, 0.3) is 5.91 Å². The number of nitrogens with one attached hydrogen (secondary N) is 1. The number of nitrogens with two attached hydrogens (primary N) is 1. The zero-order valence-electron chi connectivity index (χ0n) is 14.6. The van der Waals surface area contributed by atoms with Crippen molar-refractivity contribution in [2.75, 3.05) is 18.8 Å². The fraction of sp³-hybridized carbons (Fsp3) is 0.300. The number of carbonyl (C=O) groups excluding carboxylic acids is 2. The van der Waals surface area contributed by atoms with Crippen molar-refractivity contribution in [2.45, 2.75) is 25.3 Å². The first-order valence-electron chi connectivity index (χ1n) is 8.60. The van der Waals surface area contributed by atoms with Gasteiger partial charge in [-0.2, -0.15) is 0 Å². The molecule has 5 nitrogen and oxygen atoms in total. The van der Waals surface area contributed by atoms with Crippen LogP contribution in [-0.4, -0.2) is 35.8 Å². The first kappa shape index (κ1) is 19.8. The van der Waals surface area contributed by atoms with Crippen molar-refractivity contribution in [1.29, 1.82) is 0 Å². The zero-order valence-corrected chi connectivity index (χ0v) is 15.4.